The maximum atomic E-state index is 13.0. The van der Waals surface area contributed by atoms with Crippen molar-refractivity contribution in [1.29, 1.82) is 0 Å². The summed E-state index contributed by atoms with van der Waals surface area (Å²) in [4.78, 5) is 37.0. The second kappa shape index (κ2) is 9.21. The number of likely N-dealkylation sites (N-methyl/N-ethyl adjacent to an activating group) is 2. The molecule has 34 heavy (non-hydrogen) atoms. The van der Waals surface area contributed by atoms with Crippen molar-refractivity contribution in [1.82, 2.24) is 29.4 Å². The highest BCUT2D eigenvalue weighted by Gasteiger charge is 2.53. The molecule has 3 aromatic rings. The van der Waals surface area contributed by atoms with E-state index >= 15 is 0 Å². The average Bonchev–Trinajstić information content (AvgIpc) is 3.54. The Bertz CT molecular complexity index is 1270. The maximum Gasteiger partial charge on any atom is 0.277 e. The summed E-state index contributed by atoms with van der Waals surface area (Å²) in [6, 6.07) is 5.90. The number of aryl methyl sites for hydroxylation is 2. The number of fused-ring (bicyclic) bond motifs is 1. The van der Waals surface area contributed by atoms with Crippen LogP contribution in [0, 0.1) is 6.92 Å². The summed E-state index contributed by atoms with van der Waals surface area (Å²) < 4.78 is 7.54. The Morgan fingerprint density at radius 3 is 2.59 bits per heavy atom. The van der Waals surface area contributed by atoms with Gasteiger partial charge < -0.3 is 14.6 Å². The van der Waals surface area contributed by atoms with Crippen molar-refractivity contribution in [2.45, 2.75) is 58.5 Å². The molecule has 182 valence electrons. The fraction of sp³-hybridized carbons (Fsp3) is 0.520. The molecule has 9 heteroatoms. The molecule has 0 spiro atoms. The number of H-pyrrole nitrogens is 1. The molecule has 1 N–H and O–H groups in total. The number of nitrogens with zero attached hydrogens (tertiary/aromatic N) is 5. The quantitative estimate of drug-likeness (QED) is 0.521. The summed E-state index contributed by atoms with van der Waals surface area (Å²) in [5.74, 6) is 1.99. The third-order valence-corrected chi connectivity index (χ3v) is 6.49. The molecule has 1 amide bonds. The van der Waals surface area contributed by atoms with Gasteiger partial charge in [-0.3, -0.25) is 14.5 Å². The second-order valence-electron chi connectivity index (χ2n) is 9.28. The van der Waals surface area contributed by atoms with E-state index in [0.717, 1.165) is 37.1 Å². The van der Waals surface area contributed by atoms with Crippen molar-refractivity contribution < 1.29 is 9.53 Å². The van der Waals surface area contributed by atoms with E-state index in [1.807, 2.05) is 39.1 Å². The van der Waals surface area contributed by atoms with Crippen LogP contribution < -0.4 is 10.3 Å². The van der Waals surface area contributed by atoms with Crippen molar-refractivity contribution in [3.8, 4) is 17.1 Å². The number of aromatic nitrogens is 4. The first-order chi connectivity index (χ1) is 16.2. The number of benzene rings is 1. The summed E-state index contributed by atoms with van der Waals surface area (Å²) >= 11 is 0. The fourth-order valence-corrected chi connectivity index (χ4v) is 4.60. The summed E-state index contributed by atoms with van der Waals surface area (Å²) in [6.07, 6.45) is 3.35. The molecule has 1 aromatic carbocycles. The van der Waals surface area contributed by atoms with Gasteiger partial charge in [0, 0.05) is 27.1 Å². The van der Waals surface area contributed by atoms with Crippen molar-refractivity contribution in [2.75, 3.05) is 27.7 Å². The predicted molar refractivity (Wildman–Crippen MR) is 131 cm³/mol. The van der Waals surface area contributed by atoms with E-state index in [1.165, 1.54) is 0 Å². The highest BCUT2D eigenvalue weighted by Crippen LogP contribution is 2.43. The Morgan fingerprint density at radius 2 is 1.97 bits per heavy atom. The van der Waals surface area contributed by atoms with E-state index in [4.69, 9.17) is 9.84 Å². The lowest BCUT2D eigenvalue weighted by Crippen LogP contribution is -2.46. The Balaban J connectivity index is 1.75. The molecule has 0 radical (unpaired) electrons. The Kier molecular flexibility index (Phi) is 6.49. The van der Waals surface area contributed by atoms with E-state index < -0.39 is 5.54 Å². The Morgan fingerprint density at radius 1 is 1.24 bits per heavy atom. The fourth-order valence-electron chi connectivity index (χ4n) is 4.60. The van der Waals surface area contributed by atoms with Crippen LogP contribution in [-0.4, -0.2) is 68.6 Å². The number of imidazole rings is 1. The zero-order valence-electron chi connectivity index (χ0n) is 20.9. The summed E-state index contributed by atoms with van der Waals surface area (Å²) in [7, 11) is 5.59. The monoisotopic (exact) mass is 466 g/mol. The highest BCUT2D eigenvalue weighted by atomic mass is 16.5. The number of carbonyl (C=O) groups excluding carboxylic acids is 1. The van der Waals surface area contributed by atoms with E-state index in [0.29, 0.717) is 41.5 Å². The Hall–Kier alpha value is -3.20. The Labute approximate surface area is 199 Å². The minimum atomic E-state index is -0.433. The smallest absolute Gasteiger partial charge is 0.277 e. The van der Waals surface area contributed by atoms with Crippen molar-refractivity contribution in [2.24, 2.45) is 0 Å². The summed E-state index contributed by atoms with van der Waals surface area (Å²) in [6.45, 7) is 6.91. The van der Waals surface area contributed by atoms with Crippen molar-refractivity contribution >= 4 is 11.4 Å². The average molecular weight is 467 g/mol. The van der Waals surface area contributed by atoms with Crippen LogP contribution in [0.15, 0.2) is 23.0 Å². The minimum absolute atomic E-state index is 0.136. The zero-order chi connectivity index (χ0) is 24.6. The van der Waals surface area contributed by atoms with Gasteiger partial charge in [-0.05, 0) is 57.9 Å². The van der Waals surface area contributed by atoms with Gasteiger partial charge in [-0.15, -0.1) is 5.10 Å². The number of aromatic amines is 1. The van der Waals surface area contributed by atoms with Crippen LogP contribution in [0.5, 0.6) is 5.75 Å². The lowest BCUT2D eigenvalue weighted by molar-refractivity contribution is -0.135. The van der Waals surface area contributed by atoms with E-state index in [9.17, 15) is 9.59 Å². The third-order valence-electron chi connectivity index (χ3n) is 6.49. The molecule has 2 aromatic heterocycles. The molecule has 4 rings (SSSR count). The molecule has 1 aliphatic carbocycles. The van der Waals surface area contributed by atoms with Crippen LogP contribution in [0.4, 0.5) is 0 Å². The van der Waals surface area contributed by atoms with E-state index in [1.54, 1.807) is 23.5 Å². The number of amides is 1. The van der Waals surface area contributed by atoms with Crippen molar-refractivity contribution in [3.63, 3.8) is 0 Å². The molecule has 0 aliphatic heterocycles. The first kappa shape index (κ1) is 23.9. The normalized spacial score (nSPS) is 14.6. The lowest BCUT2D eigenvalue weighted by atomic mass is 10.1. The first-order valence-corrected chi connectivity index (χ1v) is 11.9. The van der Waals surface area contributed by atoms with Gasteiger partial charge in [0.15, 0.2) is 11.3 Å². The SMILES string of the molecule is CCCc1nc(C)c2c(=O)[nH]c(-c3cc(CN(C)C4(C(=O)N(C)C)CC4)ccc3OCC)nn12. The van der Waals surface area contributed by atoms with Gasteiger partial charge in [-0.1, -0.05) is 13.0 Å². The van der Waals surface area contributed by atoms with Gasteiger partial charge in [0.2, 0.25) is 5.91 Å². The first-order valence-electron chi connectivity index (χ1n) is 11.9. The zero-order valence-corrected chi connectivity index (χ0v) is 20.9. The van der Waals surface area contributed by atoms with Crippen LogP contribution in [0.2, 0.25) is 0 Å². The highest BCUT2D eigenvalue weighted by molar-refractivity contribution is 5.89. The maximum absolute atomic E-state index is 13.0. The summed E-state index contributed by atoms with van der Waals surface area (Å²) in [5.41, 5.74) is 2.21. The molecule has 2 heterocycles. The number of hydrogen-bond acceptors (Lipinski definition) is 6. The van der Waals surface area contributed by atoms with Gasteiger partial charge in [0.25, 0.3) is 5.56 Å². The van der Waals surface area contributed by atoms with Gasteiger partial charge in [-0.2, -0.15) is 0 Å². The molecule has 9 nitrogen and oxygen atoms in total. The van der Waals surface area contributed by atoms with Crippen LogP contribution in [0.3, 0.4) is 0 Å². The minimum Gasteiger partial charge on any atom is -0.493 e. The lowest BCUT2D eigenvalue weighted by Gasteiger charge is -2.29. The van der Waals surface area contributed by atoms with Gasteiger partial charge >= 0.3 is 0 Å². The van der Waals surface area contributed by atoms with Crippen LogP contribution in [-0.2, 0) is 17.8 Å². The standard InChI is InChI=1S/C25H34N6O3/c1-7-9-20-26-16(3)21-23(32)27-22(28-31(20)21)18-14-17(10-11-19(18)34-8-2)15-30(6)25(12-13-25)24(33)29(4)5/h10-11,14H,7-9,12-13,15H2,1-6H3,(H,27,28,32). The largest absolute Gasteiger partial charge is 0.493 e. The topological polar surface area (TPSA) is 95.8 Å². The molecular formula is C25H34N6O3. The van der Waals surface area contributed by atoms with Gasteiger partial charge in [0.1, 0.15) is 17.1 Å². The van der Waals surface area contributed by atoms with Crippen LogP contribution in [0.25, 0.3) is 16.9 Å². The van der Waals surface area contributed by atoms with Gasteiger partial charge in [-0.25, -0.2) is 9.50 Å². The predicted octanol–water partition coefficient (Wildman–Crippen LogP) is 2.80. The van der Waals surface area contributed by atoms with E-state index in [2.05, 4.69) is 21.8 Å². The van der Waals surface area contributed by atoms with Gasteiger partial charge in [0.05, 0.1) is 17.9 Å². The number of carbonyl (C=O) groups is 1. The van der Waals surface area contributed by atoms with Crippen LogP contribution >= 0.6 is 0 Å². The third kappa shape index (κ3) is 4.20. The molecule has 0 saturated heterocycles. The number of ether oxygens (including phenoxy) is 1. The number of rotatable bonds is 9. The summed E-state index contributed by atoms with van der Waals surface area (Å²) in [5, 5.41) is 4.77. The molecule has 1 aliphatic rings. The molecule has 1 saturated carbocycles. The second-order valence-corrected chi connectivity index (χ2v) is 9.28. The number of hydrogen-bond donors (Lipinski definition) is 1. The molecular weight excluding hydrogens is 432 g/mol. The van der Waals surface area contributed by atoms with E-state index in [-0.39, 0.29) is 11.5 Å². The van der Waals surface area contributed by atoms with Crippen molar-refractivity contribution in [3.05, 3.63) is 45.6 Å². The molecule has 0 atom stereocenters. The van der Waals surface area contributed by atoms with Crippen LogP contribution in [0.1, 0.15) is 50.2 Å². The number of nitrogens with one attached hydrogen (secondary N) is 1. The molecule has 0 bridgehead atoms. The molecule has 0 unspecified atom stereocenters. The molecule has 1 fully saturated rings.